The van der Waals surface area contributed by atoms with Gasteiger partial charge in [0.1, 0.15) is 0 Å². The topological polar surface area (TPSA) is 63.4 Å². The lowest BCUT2D eigenvalue weighted by molar-refractivity contribution is -0.137. The summed E-state index contributed by atoms with van der Waals surface area (Å²) in [5.74, 6) is 0.411. The molecular weight excluding hydrogens is 365 g/mol. The molecule has 136 valence electrons. The van der Waals surface area contributed by atoms with E-state index < -0.39 is 21.8 Å². The second kappa shape index (κ2) is 6.48. The van der Waals surface area contributed by atoms with Crippen molar-refractivity contribution >= 4 is 22.4 Å². The summed E-state index contributed by atoms with van der Waals surface area (Å²) in [6.45, 7) is 2.15. The second-order valence-electron chi connectivity index (χ2n) is 6.47. The molecular formula is C15H20ClF3N2O2S. The van der Waals surface area contributed by atoms with Crippen LogP contribution in [0.25, 0.3) is 0 Å². The maximum atomic E-state index is 12.8. The lowest BCUT2D eigenvalue weighted by Gasteiger charge is -2.20. The van der Waals surface area contributed by atoms with Gasteiger partial charge in [0.25, 0.3) is 0 Å². The molecule has 0 amide bonds. The molecule has 9 heteroatoms. The van der Waals surface area contributed by atoms with E-state index in [2.05, 4.69) is 0 Å². The van der Waals surface area contributed by atoms with Gasteiger partial charge >= 0.3 is 6.18 Å². The highest BCUT2D eigenvalue weighted by Gasteiger charge is 2.45. The lowest BCUT2D eigenvalue weighted by Crippen LogP contribution is -2.33. The van der Waals surface area contributed by atoms with E-state index >= 15 is 0 Å². The first-order valence-corrected chi connectivity index (χ1v) is 8.98. The van der Waals surface area contributed by atoms with Crippen molar-refractivity contribution in [3.8, 4) is 0 Å². The van der Waals surface area contributed by atoms with Gasteiger partial charge in [0.2, 0.25) is 10.0 Å². The number of hydrogen-bond donors (Lipinski definition) is 1. The van der Waals surface area contributed by atoms with Gasteiger partial charge in [-0.15, -0.1) is 12.4 Å². The number of nitrogens with zero attached hydrogens (tertiary/aromatic N) is 1. The summed E-state index contributed by atoms with van der Waals surface area (Å²) in [5, 5.41) is 0. The third-order valence-corrected chi connectivity index (χ3v) is 6.99. The van der Waals surface area contributed by atoms with Crippen molar-refractivity contribution in [2.45, 2.75) is 36.9 Å². The van der Waals surface area contributed by atoms with E-state index in [1.54, 1.807) is 0 Å². The lowest BCUT2D eigenvalue weighted by atomic mass is 9.98. The average Bonchev–Trinajstić information content (AvgIpc) is 3.00. The number of alkyl halides is 3. The Morgan fingerprint density at radius 3 is 2.42 bits per heavy atom. The van der Waals surface area contributed by atoms with Gasteiger partial charge in [-0.1, -0.05) is 0 Å². The van der Waals surface area contributed by atoms with Crippen LogP contribution < -0.4 is 5.73 Å². The van der Waals surface area contributed by atoms with Crippen LogP contribution in [0.4, 0.5) is 13.2 Å². The van der Waals surface area contributed by atoms with Crippen molar-refractivity contribution < 1.29 is 21.6 Å². The number of benzene rings is 1. The number of nitrogens with two attached hydrogens (primary N) is 1. The van der Waals surface area contributed by atoms with Crippen molar-refractivity contribution in [3.63, 3.8) is 0 Å². The highest BCUT2D eigenvalue weighted by atomic mass is 35.5. The molecule has 1 aliphatic heterocycles. The average molecular weight is 385 g/mol. The van der Waals surface area contributed by atoms with E-state index in [1.165, 1.54) is 11.2 Å². The van der Waals surface area contributed by atoms with Gasteiger partial charge in [0, 0.05) is 19.1 Å². The number of rotatable bonds is 2. The zero-order valence-electron chi connectivity index (χ0n) is 13.1. The third-order valence-electron chi connectivity index (χ3n) is 5.00. The molecule has 3 atom stereocenters. The van der Waals surface area contributed by atoms with E-state index in [4.69, 9.17) is 5.73 Å². The molecule has 0 aromatic heterocycles. The van der Waals surface area contributed by atoms with Crippen LogP contribution in [0.2, 0.25) is 0 Å². The van der Waals surface area contributed by atoms with E-state index in [9.17, 15) is 21.6 Å². The first-order valence-electron chi connectivity index (χ1n) is 7.54. The Kier molecular flexibility index (Phi) is 5.26. The van der Waals surface area contributed by atoms with Crippen LogP contribution in [0.3, 0.4) is 0 Å². The van der Waals surface area contributed by atoms with Gasteiger partial charge in [-0.05, 0) is 55.4 Å². The monoisotopic (exact) mass is 384 g/mol. The maximum absolute atomic E-state index is 12.8. The Morgan fingerprint density at radius 2 is 1.88 bits per heavy atom. The van der Waals surface area contributed by atoms with Gasteiger partial charge in [-0.3, -0.25) is 0 Å². The molecule has 3 rings (SSSR count). The Bertz CT molecular complexity index is 724. The van der Waals surface area contributed by atoms with Crippen LogP contribution >= 0.6 is 12.4 Å². The molecule has 1 aromatic carbocycles. The smallest absolute Gasteiger partial charge is 0.327 e. The summed E-state index contributed by atoms with van der Waals surface area (Å²) in [5.41, 5.74) is 5.29. The number of fused-ring (bicyclic) bond motifs is 1. The molecule has 2 N–H and O–H groups in total. The van der Waals surface area contributed by atoms with E-state index in [0.717, 1.165) is 31.0 Å². The van der Waals surface area contributed by atoms with Crippen LogP contribution in [0.5, 0.6) is 0 Å². The maximum Gasteiger partial charge on any atom is 0.416 e. The van der Waals surface area contributed by atoms with Crippen molar-refractivity contribution in [3.05, 3.63) is 29.3 Å². The van der Waals surface area contributed by atoms with Crippen LogP contribution in [-0.2, 0) is 16.2 Å². The Labute approximate surface area is 145 Å². The predicted octanol–water partition coefficient (Wildman–Crippen LogP) is 2.79. The summed E-state index contributed by atoms with van der Waals surface area (Å²) in [7, 11) is -3.79. The minimum atomic E-state index is -4.48. The number of hydrogen-bond acceptors (Lipinski definition) is 3. The SMILES string of the molecule is Cc1cc(C(F)(F)F)ccc1S(=O)(=O)N1CC2CCC(N)C2C1.Cl. The summed E-state index contributed by atoms with van der Waals surface area (Å²) in [6, 6.07) is 2.77. The molecule has 3 unspecified atom stereocenters. The van der Waals surface area contributed by atoms with Crippen molar-refractivity contribution in [2.75, 3.05) is 13.1 Å². The molecule has 24 heavy (non-hydrogen) atoms. The summed E-state index contributed by atoms with van der Waals surface area (Å²) in [4.78, 5) is -0.0564. The van der Waals surface area contributed by atoms with Gasteiger partial charge in [0.05, 0.1) is 10.5 Å². The van der Waals surface area contributed by atoms with Crippen LogP contribution in [0.1, 0.15) is 24.0 Å². The number of aryl methyl sites for hydroxylation is 1. The number of halogens is 4. The first-order chi connectivity index (χ1) is 10.6. The molecule has 2 aliphatic rings. The fourth-order valence-electron chi connectivity index (χ4n) is 3.72. The molecule has 0 spiro atoms. The first kappa shape index (κ1) is 19.5. The quantitative estimate of drug-likeness (QED) is 0.852. The minimum absolute atomic E-state index is 0. The molecule has 1 saturated carbocycles. The predicted molar refractivity (Wildman–Crippen MR) is 86.4 cm³/mol. The Morgan fingerprint density at radius 1 is 1.21 bits per heavy atom. The molecule has 0 bridgehead atoms. The third kappa shape index (κ3) is 3.29. The zero-order chi connectivity index (χ0) is 17.0. The normalized spacial score (nSPS) is 27.8. The number of sulfonamides is 1. The largest absolute Gasteiger partial charge is 0.416 e. The molecule has 1 saturated heterocycles. The molecule has 4 nitrogen and oxygen atoms in total. The zero-order valence-corrected chi connectivity index (χ0v) is 14.7. The van der Waals surface area contributed by atoms with Gasteiger partial charge < -0.3 is 5.73 Å². The van der Waals surface area contributed by atoms with E-state index in [-0.39, 0.29) is 40.7 Å². The molecule has 1 aromatic rings. The van der Waals surface area contributed by atoms with Crippen LogP contribution in [0.15, 0.2) is 23.1 Å². The van der Waals surface area contributed by atoms with E-state index in [0.29, 0.717) is 13.1 Å². The fourth-order valence-corrected chi connectivity index (χ4v) is 5.46. The fraction of sp³-hybridized carbons (Fsp3) is 0.600. The van der Waals surface area contributed by atoms with Crippen LogP contribution in [0, 0.1) is 18.8 Å². The molecule has 1 aliphatic carbocycles. The second-order valence-corrected chi connectivity index (χ2v) is 8.37. The Balaban J connectivity index is 0.00000208. The van der Waals surface area contributed by atoms with Crippen molar-refractivity contribution in [1.29, 1.82) is 0 Å². The van der Waals surface area contributed by atoms with Gasteiger partial charge in [0.15, 0.2) is 0 Å². The van der Waals surface area contributed by atoms with Gasteiger partial charge in [-0.25, -0.2) is 8.42 Å². The minimum Gasteiger partial charge on any atom is -0.327 e. The molecule has 1 heterocycles. The molecule has 2 fully saturated rings. The van der Waals surface area contributed by atoms with Crippen molar-refractivity contribution in [2.24, 2.45) is 17.6 Å². The highest BCUT2D eigenvalue weighted by Crippen LogP contribution is 2.40. The van der Waals surface area contributed by atoms with E-state index in [1.807, 2.05) is 0 Å². The molecule has 0 radical (unpaired) electrons. The summed E-state index contributed by atoms with van der Waals surface area (Å²) < 4.78 is 65.1. The summed E-state index contributed by atoms with van der Waals surface area (Å²) >= 11 is 0. The van der Waals surface area contributed by atoms with Gasteiger partial charge in [-0.2, -0.15) is 17.5 Å². The highest BCUT2D eigenvalue weighted by molar-refractivity contribution is 7.89. The standard InChI is InChI=1S/C15H19F3N2O2S.ClH/c1-9-6-11(15(16,17)18)3-5-14(9)23(21,22)20-7-10-2-4-13(19)12(10)8-20;/h3,5-6,10,12-13H,2,4,7-8,19H2,1H3;1H. The van der Waals surface area contributed by atoms with Crippen LogP contribution in [-0.4, -0.2) is 31.9 Å². The van der Waals surface area contributed by atoms with Crippen molar-refractivity contribution in [1.82, 2.24) is 4.31 Å². The Hall–Kier alpha value is -0.830. The summed E-state index contributed by atoms with van der Waals surface area (Å²) in [6.07, 6.45) is -2.67.